The van der Waals surface area contributed by atoms with E-state index in [0.29, 0.717) is 30.1 Å². The highest BCUT2D eigenvalue weighted by Gasteiger charge is 2.32. The van der Waals surface area contributed by atoms with Gasteiger partial charge in [-0.25, -0.2) is 4.79 Å². The zero-order chi connectivity index (χ0) is 15.6. The summed E-state index contributed by atoms with van der Waals surface area (Å²) >= 11 is 6.10. The lowest BCUT2D eigenvalue weighted by Gasteiger charge is -2.36. The van der Waals surface area contributed by atoms with Gasteiger partial charge < -0.3 is 15.3 Å². The molecule has 21 heavy (non-hydrogen) atoms. The Kier molecular flexibility index (Phi) is 4.73. The molecule has 1 fully saturated rings. The first-order chi connectivity index (χ1) is 9.88. The summed E-state index contributed by atoms with van der Waals surface area (Å²) in [6, 6.07) is 5.09. The third-order valence-electron chi connectivity index (χ3n) is 3.85. The average molecular weight is 311 g/mol. The fourth-order valence-electron chi connectivity index (χ4n) is 2.61. The van der Waals surface area contributed by atoms with Gasteiger partial charge in [-0.05, 0) is 44.4 Å². The number of halogens is 1. The van der Waals surface area contributed by atoms with E-state index in [1.54, 1.807) is 17.0 Å². The third kappa shape index (κ3) is 3.67. The van der Waals surface area contributed by atoms with Crippen LogP contribution in [0.2, 0.25) is 5.02 Å². The Hall–Kier alpha value is -1.75. The molecule has 1 saturated heterocycles. The number of likely N-dealkylation sites (tertiary alicyclic amines) is 1. The van der Waals surface area contributed by atoms with E-state index >= 15 is 0 Å². The second-order valence-electron chi connectivity index (χ2n) is 5.52. The maximum atomic E-state index is 12.3. The van der Waals surface area contributed by atoms with Gasteiger partial charge in [-0.2, -0.15) is 0 Å². The molecule has 2 amide bonds. The summed E-state index contributed by atoms with van der Waals surface area (Å²) in [5.74, 6) is -1.16. The van der Waals surface area contributed by atoms with E-state index in [-0.39, 0.29) is 18.0 Å². The molecule has 0 spiro atoms. The molecule has 0 aliphatic carbocycles. The summed E-state index contributed by atoms with van der Waals surface area (Å²) in [7, 11) is 0. The Morgan fingerprint density at radius 3 is 2.71 bits per heavy atom. The van der Waals surface area contributed by atoms with E-state index in [9.17, 15) is 9.59 Å². The standard InChI is InChI=1S/C15H19ClN2O3/c1-9-3-4-13(12(16)7-9)17-15(21)18-6-5-11(14(19)20)8-10(18)2/h3-4,7,10-11H,5-6,8H2,1-2H3,(H,17,21)(H,19,20). The number of carboxylic acid groups (broad SMARTS) is 1. The molecule has 1 heterocycles. The number of carboxylic acids is 1. The van der Waals surface area contributed by atoms with Gasteiger partial charge in [0.25, 0.3) is 0 Å². The monoisotopic (exact) mass is 310 g/mol. The van der Waals surface area contributed by atoms with E-state index in [1.807, 2.05) is 19.9 Å². The van der Waals surface area contributed by atoms with Gasteiger partial charge in [0.05, 0.1) is 16.6 Å². The maximum Gasteiger partial charge on any atom is 0.322 e. The molecule has 2 unspecified atom stereocenters. The number of rotatable bonds is 2. The third-order valence-corrected chi connectivity index (χ3v) is 4.17. The van der Waals surface area contributed by atoms with Crippen molar-refractivity contribution < 1.29 is 14.7 Å². The normalized spacial score (nSPS) is 22.0. The van der Waals surface area contributed by atoms with Crippen molar-refractivity contribution in [1.29, 1.82) is 0 Å². The van der Waals surface area contributed by atoms with Crippen molar-refractivity contribution in [1.82, 2.24) is 4.90 Å². The molecule has 1 aromatic carbocycles. The number of carbonyl (C=O) groups is 2. The summed E-state index contributed by atoms with van der Waals surface area (Å²) in [5, 5.41) is 12.3. The van der Waals surface area contributed by atoms with Gasteiger partial charge in [-0.1, -0.05) is 17.7 Å². The molecule has 2 N–H and O–H groups in total. The van der Waals surface area contributed by atoms with Crippen LogP contribution in [-0.2, 0) is 4.79 Å². The largest absolute Gasteiger partial charge is 0.481 e. The molecule has 2 rings (SSSR count). The number of benzene rings is 1. The van der Waals surface area contributed by atoms with Crippen molar-refractivity contribution in [2.75, 3.05) is 11.9 Å². The number of carbonyl (C=O) groups excluding carboxylic acids is 1. The number of hydrogen-bond acceptors (Lipinski definition) is 2. The predicted molar refractivity (Wildman–Crippen MR) is 81.7 cm³/mol. The molecule has 0 aromatic heterocycles. The van der Waals surface area contributed by atoms with Crippen LogP contribution >= 0.6 is 11.6 Å². The van der Waals surface area contributed by atoms with Crippen LogP contribution in [0.15, 0.2) is 18.2 Å². The number of hydrogen-bond donors (Lipinski definition) is 2. The summed E-state index contributed by atoms with van der Waals surface area (Å²) in [6.07, 6.45) is 0.957. The molecule has 6 heteroatoms. The lowest BCUT2D eigenvalue weighted by molar-refractivity contribution is -0.143. The van der Waals surface area contributed by atoms with Crippen LogP contribution in [0.3, 0.4) is 0 Å². The first-order valence-corrected chi connectivity index (χ1v) is 7.33. The van der Waals surface area contributed by atoms with Crippen molar-refractivity contribution in [2.45, 2.75) is 32.7 Å². The van der Waals surface area contributed by atoms with Crippen molar-refractivity contribution in [2.24, 2.45) is 5.92 Å². The Morgan fingerprint density at radius 2 is 2.14 bits per heavy atom. The number of anilines is 1. The number of aliphatic carboxylic acids is 1. The van der Waals surface area contributed by atoms with Gasteiger partial charge >= 0.3 is 12.0 Å². The van der Waals surface area contributed by atoms with Gasteiger partial charge in [0.2, 0.25) is 0 Å². The van der Waals surface area contributed by atoms with Crippen molar-refractivity contribution >= 4 is 29.3 Å². The lowest BCUT2D eigenvalue weighted by atomic mass is 9.92. The first kappa shape index (κ1) is 15.6. The number of urea groups is 1. The summed E-state index contributed by atoms with van der Waals surface area (Å²) < 4.78 is 0. The van der Waals surface area contributed by atoms with E-state index < -0.39 is 5.97 Å². The SMILES string of the molecule is Cc1ccc(NC(=O)N2CCC(C(=O)O)CC2C)c(Cl)c1. The molecular formula is C15H19ClN2O3. The smallest absolute Gasteiger partial charge is 0.322 e. The molecule has 1 aliphatic rings. The summed E-state index contributed by atoms with van der Waals surface area (Å²) in [5.41, 5.74) is 1.59. The topological polar surface area (TPSA) is 69.6 Å². The zero-order valence-corrected chi connectivity index (χ0v) is 12.9. The minimum atomic E-state index is -0.788. The molecule has 1 aromatic rings. The quantitative estimate of drug-likeness (QED) is 0.880. The summed E-state index contributed by atoms with van der Waals surface area (Å²) in [4.78, 5) is 25.0. The van der Waals surface area contributed by atoms with Crippen molar-refractivity contribution in [3.63, 3.8) is 0 Å². The van der Waals surface area contributed by atoms with Crippen LogP contribution in [0.5, 0.6) is 0 Å². The fraction of sp³-hybridized carbons (Fsp3) is 0.467. The van der Waals surface area contributed by atoms with Gasteiger partial charge in [0, 0.05) is 12.6 Å². The Bertz CT molecular complexity index is 562. The van der Waals surface area contributed by atoms with E-state index in [0.717, 1.165) is 5.56 Å². The van der Waals surface area contributed by atoms with Crippen LogP contribution < -0.4 is 5.32 Å². The van der Waals surface area contributed by atoms with Gasteiger partial charge in [-0.15, -0.1) is 0 Å². The first-order valence-electron chi connectivity index (χ1n) is 6.95. The average Bonchev–Trinajstić information content (AvgIpc) is 2.41. The van der Waals surface area contributed by atoms with Crippen LogP contribution in [0.4, 0.5) is 10.5 Å². The van der Waals surface area contributed by atoms with E-state index in [4.69, 9.17) is 16.7 Å². The minimum absolute atomic E-state index is 0.107. The van der Waals surface area contributed by atoms with E-state index in [1.165, 1.54) is 0 Å². The van der Waals surface area contributed by atoms with Gasteiger partial charge in [0.15, 0.2) is 0 Å². The van der Waals surface area contributed by atoms with Crippen molar-refractivity contribution in [3.05, 3.63) is 28.8 Å². The van der Waals surface area contributed by atoms with Crippen molar-refractivity contribution in [3.8, 4) is 0 Å². The van der Waals surface area contributed by atoms with Crippen LogP contribution in [0.25, 0.3) is 0 Å². The zero-order valence-electron chi connectivity index (χ0n) is 12.1. The highest BCUT2D eigenvalue weighted by molar-refractivity contribution is 6.33. The van der Waals surface area contributed by atoms with Gasteiger partial charge in [-0.3, -0.25) is 4.79 Å². The molecule has 114 valence electrons. The second kappa shape index (κ2) is 6.35. The Morgan fingerprint density at radius 1 is 1.43 bits per heavy atom. The van der Waals surface area contributed by atoms with Crippen LogP contribution in [0.1, 0.15) is 25.3 Å². The summed E-state index contributed by atoms with van der Waals surface area (Å²) in [6.45, 7) is 4.23. The number of nitrogens with zero attached hydrogens (tertiary/aromatic N) is 1. The van der Waals surface area contributed by atoms with Gasteiger partial charge in [0.1, 0.15) is 0 Å². The highest BCUT2D eigenvalue weighted by atomic mass is 35.5. The Balaban J connectivity index is 2.02. The highest BCUT2D eigenvalue weighted by Crippen LogP contribution is 2.26. The molecule has 1 aliphatic heterocycles. The second-order valence-corrected chi connectivity index (χ2v) is 5.92. The minimum Gasteiger partial charge on any atom is -0.481 e. The number of piperidine rings is 1. The predicted octanol–water partition coefficient (Wildman–Crippen LogP) is 3.37. The van der Waals surface area contributed by atoms with Crippen LogP contribution in [-0.4, -0.2) is 34.6 Å². The molecule has 0 bridgehead atoms. The lowest BCUT2D eigenvalue weighted by Crippen LogP contribution is -2.47. The number of amides is 2. The molecule has 0 radical (unpaired) electrons. The van der Waals surface area contributed by atoms with E-state index in [2.05, 4.69) is 5.32 Å². The number of nitrogens with one attached hydrogen (secondary N) is 1. The Labute approximate surface area is 128 Å². The number of aryl methyl sites for hydroxylation is 1. The molecular weight excluding hydrogens is 292 g/mol. The molecule has 5 nitrogen and oxygen atoms in total. The fourth-order valence-corrected chi connectivity index (χ4v) is 2.89. The van der Waals surface area contributed by atoms with Crippen LogP contribution in [0, 0.1) is 12.8 Å². The maximum absolute atomic E-state index is 12.3. The molecule has 0 saturated carbocycles. The molecule has 2 atom stereocenters.